The van der Waals surface area contributed by atoms with E-state index < -0.39 is 14.8 Å². The van der Waals surface area contributed by atoms with E-state index in [1.54, 1.807) is 12.1 Å². The zero-order valence-electron chi connectivity index (χ0n) is 10.4. The summed E-state index contributed by atoms with van der Waals surface area (Å²) < 4.78 is 22.5. The zero-order valence-corrected chi connectivity index (χ0v) is 12.1. The zero-order chi connectivity index (χ0) is 14.8. The lowest BCUT2D eigenvalue weighted by Gasteiger charge is -2.04. The maximum atomic E-state index is 11.2. The fraction of sp³-hybridized carbons (Fsp3) is 0.182. The van der Waals surface area contributed by atoms with E-state index in [4.69, 9.17) is 0 Å². The highest BCUT2D eigenvalue weighted by Gasteiger charge is 2.10. The fourth-order valence-corrected chi connectivity index (χ4v) is 2.77. The lowest BCUT2D eigenvalue weighted by atomic mass is 10.4. The van der Waals surface area contributed by atoms with Crippen molar-refractivity contribution in [2.24, 2.45) is 0 Å². The van der Waals surface area contributed by atoms with Gasteiger partial charge in [-0.25, -0.2) is 13.4 Å². The van der Waals surface area contributed by atoms with Crippen LogP contribution in [0, 0.1) is 10.1 Å². The summed E-state index contributed by atoms with van der Waals surface area (Å²) in [6, 6.07) is 6.14. The van der Waals surface area contributed by atoms with Crippen LogP contribution in [0.3, 0.4) is 0 Å². The average molecular weight is 313 g/mol. The highest BCUT2D eigenvalue weighted by molar-refractivity contribution is 7.90. The van der Waals surface area contributed by atoms with Crippen LogP contribution in [-0.4, -0.2) is 24.6 Å². The van der Waals surface area contributed by atoms with Crippen molar-refractivity contribution in [1.29, 1.82) is 0 Å². The maximum Gasteiger partial charge on any atom is 0.324 e. The van der Waals surface area contributed by atoms with Gasteiger partial charge in [-0.05, 0) is 18.2 Å². The minimum Gasteiger partial charge on any atom is -0.379 e. The van der Waals surface area contributed by atoms with Crippen molar-refractivity contribution in [3.05, 3.63) is 45.5 Å². The first-order valence-electron chi connectivity index (χ1n) is 5.49. The summed E-state index contributed by atoms with van der Waals surface area (Å²) in [7, 11) is -3.30. The molecular formula is C11H11N3O4S2. The third kappa shape index (κ3) is 3.52. The number of hydrogen-bond donors (Lipinski definition) is 1. The molecule has 106 valence electrons. The second kappa shape index (κ2) is 5.55. The Morgan fingerprint density at radius 1 is 1.35 bits per heavy atom. The van der Waals surface area contributed by atoms with Crippen molar-refractivity contribution in [3.8, 4) is 0 Å². The Kier molecular flexibility index (Phi) is 4.00. The Hall–Kier alpha value is -2.00. The molecule has 0 bridgehead atoms. The first-order chi connectivity index (χ1) is 9.36. The molecule has 0 aliphatic rings. The number of sulfone groups is 1. The van der Waals surface area contributed by atoms with Crippen molar-refractivity contribution >= 4 is 31.9 Å². The van der Waals surface area contributed by atoms with E-state index in [1.165, 1.54) is 18.3 Å². The molecule has 0 aromatic carbocycles. The van der Waals surface area contributed by atoms with Gasteiger partial charge in [0.2, 0.25) is 0 Å². The molecule has 0 aliphatic carbocycles. The molecule has 0 unspecified atom stereocenters. The average Bonchev–Trinajstić information content (AvgIpc) is 2.85. The van der Waals surface area contributed by atoms with E-state index in [2.05, 4.69) is 10.3 Å². The molecule has 0 spiro atoms. The van der Waals surface area contributed by atoms with Gasteiger partial charge < -0.3 is 5.32 Å². The van der Waals surface area contributed by atoms with Crippen LogP contribution in [0.5, 0.6) is 0 Å². The molecule has 0 radical (unpaired) electrons. The minimum atomic E-state index is -3.30. The van der Waals surface area contributed by atoms with Gasteiger partial charge in [0.25, 0.3) is 0 Å². The van der Waals surface area contributed by atoms with Gasteiger partial charge in [0.05, 0.1) is 16.8 Å². The van der Waals surface area contributed by atoms with Gasteiger partial charge in [-0.1, -0.05) is 11.3 Å². The SMILES string of the molecule is CS(=O)(=O)c1ccc(NCc2ccc([N+](=O)[O-])s2)cn1. The topological polar surface area (TPSA) is 102 Å². The molecule has 0 amide bonds. The van der Waals surface area contributed by atoms with Crippen LogP contribution in [0.15, 0.2) is 35.5 Å². The highest BCUT2D eigenvalue weighted by Crippen LogP contribution is 2.24. The number of hydrogen-bond acceptors (Lipinski definition) is 7. The van der Waals surface area contributed by atoms with Crippen molar-refractivity contribution in [1.82, 2.24) is 4.98 Å². The van der Waals surface area contributed by atoms with E-state index in [0.29, 0.717) is 12.2 Å². The van der Waals surface area contributed by atoms with Gasteiger partial charge in [-0.3, -0.25) is 10.1 Å². The number of aromatic nitrogens is 1. The van der Waals surface area contributed by atoms with Crippen LogP contribution < -0.4 is 5.32 Å². The summed E-state index contributed by atoms with van der Waals surface area (Å²) in [5, 5.41) is 13.7. The number of rotatable bonds is 5. The summed E-state index contributed by atoms with van der Waals surface area (Å²) in [6.07, 6.45) is 2.51. The predicted molar refractivity (Wildman–Crippen MR) is 75.6 cm³/mol. The normalized spacial score (nSPS) is 11.2. The van der Waals surface area contributed by atoms with Crippen LogP contribution in [0.4, 0.5) is 10.7 Å². The second-order valence-corrected chi connectivity index (χ2v) is 7.12. The molecule has 2 heterocycles. The summed E-state index contributed by atoms with van der Waals surface area (Å²) in [5.41, 5.74) is 0.647. The highest BCUT2D eigenvalue weighted by atomic mass is 32.2. The van der Waals surface area contributed by atoms with Gasteiger partial charge in [-0.2, -0.15) is 0 Å². The number of nitrogens with one attached hydrogen (secondary N) is 1. The molecule has 0 fully saturated rings. The number of nitro groups is 1. The number of anilines is 1. The summed E-state index contributed by atoms with van der Waals surface area (Å²) >= 11 is 1.09. The Bertz CT molecular complexity index is 722. The molecule has 2 aromatic heterocycles. The quantitative estimate of drug-likeness (QED) is 0.669. The van der Waals surface area contributed by atoms with Gasteiger partial charge in [0, 0.05) is 23.7 Å². The first kappa shape index (κ1) is 14.4. The molecule has 2 rings (SSSR count). The lowest BCUT2D eigenvalue weighted by molar-refractivity contribution is -0.380. The van der Waals surface area contributed by atoms with E-state index in [9.17, 15) is 18.5 Å². The Balaban J connectivity index is 2.02. The van der Waals surface area contributed by atoms with E-state index in [0.717, 1.165) is 22.5 Å². The van der Waals surface area contributed by atoms with Gasteiger partial charge in [0.1, 0.15) is 0 Å². The molecule has 0 aliphatic heterocycles. The maximum absolute atomic E-state index is 11.2. The van der Waals surface area contributed by atoms with E-state index in [1.807, 2.05) is 0 Å². The van der Waals surface area contributed by atoms with Crippen LogP contribution in [-0.2, 0) is 16.4 Å². The molecule has 1 N–H and O–H groups in total. The molecule has 0 saturated carbocycles. The van der Waals surface area contributed by atoms with Gasteiger partial charge in [-0.15, -0.1) is 0 Å². The summed E-state index contributed by atoms with van der Waals surface area (Å²) in [6.45, 7) is 0.415. The number of pyridine rings is 1. The summed E-state index contributed by atoms with van der Waals surface area (Å²) in [5.74, 6) is 0. The van der Waals surface area contributed by atoms with Gasteiger partial charge in [0.15, 0.2) is 14.9 Å². The molecule has 9 heteroatoms. The fourth-order valence-electron chi connectivity index (χ4n) is 1.45. The Labute approximate surface area is 119 Å². The van der Waals surface area contributed by atoms with Crippen LogP contribution in [0.1, 0.15) is 4.88 Å². The minimum absolute atomic E-state index is 0.00908. The standard InChI is InChI=1S/C11H11N3O4S2/c1-20(17,18)10-4-2-8(6-13-10)12-7-9-3-5-11(19-9)14(15)16/h2-6,12H,7H2,1H3. The number of nitrogens with zero attached hydrogens (tertiary/aromatic N) is 2. The smallest absolute Gasteiger partial charge is 0.324 e. The van der Waals surface area contributed by atoms with Crippen LogP contribution in [0.2, 0.25) is 0 Å². The number of thiophene rings is 1. The first-order valence-corrected chi connectivity index (χ1v) is 8.20. The monoisotopic (exact) mass is 313 g/mol. The Morgan fingerprint density at radius 2 is 2.10 bits per heavy atom. The van der Waals surface area contributed by atoms with E-state index >= 15 is 0 Å². The summed E-state index contributed by atoms with van der Waals surface area (Å²) in [4.78, 5) is 14.8. The molecule has 0 atom stereocenters. The van der Waals surface area contributed by atoms with Crippen molar-refractivity contribution < 1.29 is 13.3 Å². The van der Waals surface area contributed by atoms with Gasteiger partial charge >= 0.3 is 5.00 Å². The lowest BCUT2D eigenvalue weighted by Crippen LogP contribution is -2.02. The second-order valence-electron chi connectivity index (χ2n) is 4.01. The third-order valence-corrected chi connectivity index (χ3v) is 4.45. The van der Waals surface area contributed by atoms with Crippen molar-refractivity contribution in [3.63, 3.8) is 0 Å². The molecule has 2 aromatic rings. The molecule has 0 saturated heterocycles. The predicted octanol–water partition coefficient (Wildman–Crippen LogP) is 2.07. The third-order valence-electron chi connectivity index (χ3n) is 2.41. The molecule has 7 nitrogen and oxygen atoms in total. The van der Waals surface area contributed by atoms with Crippen molar-refractivity contribution in [2.45, 2.75) is 11.6 Å². The molecule has 20 heavy (non-hydrogen) atoms. The van der Waals surface area contributed by atoms with Crippen LogP contribution >= 0.6 is 11.3 Å². The van der Waals surface area contributed by atoms with Crippen LogP contribution in [0.25, 0.3) is 0 Å². The largest absolute Gasteiger partial charge is 0.379 e. The van der Waals surface area contributed by atoms with Crippen molar-refractivity contribution in [2.75, 3.05) is 11.6 Å². The molecular weight excluding hydrogens is 302 g/mol. The Morgan fingerprint density at radius 3 is 2.60 bits per heavy atom. The van der Waals surface area contributed by atoms with E-state index in [-0.39, 0.29) is 10.0 Å².